The number of piperazine rings is 3. The zero-order valence-corrected chi connectivity index (χ0v) is 67.0. The van der Waals surface area contributed by atoms with E-state index in [1.165, 1.54) is 59.1 Å². The Labute approximate surface area is 653 Å². The average Bonchev–Trinajstić information content (AvgIpc) is 0.809. The number of nitrogens with one attached hydrogen (secondary N) is 1. The second kappa shape index (κ2) is 50.7. The summed E-state index contributed by atoms with van der Waals surface area (Å²) >= 11 is 0. The van der Waals surface area contributed by atoms with Crippen molar-refractivity contribution in [2.75, 3.05) is 174 Å². The van der Waals surface area contributed by atoms with Crippen LogP contribution in [0.3, 0.4) is 0 Å². The van der Waals surface area contributed by atoms with Crippen molar-refractivity contribution < 1.29 is 161 Å². The van der Waals surface area contributed by atoms with Gasteiger partial charge in [0.1, 0.15) is 82.6 Å². The number of nitrogens with zero attached hydrogens (tertiary/aromatic N) is 10. The molecule has 0 spiro atoms. The summed E-state index contributed by atoms with van der Waals surface area (Å²) in [5, 5.41) is 36.7. The number of aromatic nitrogens is 3. The molecule has 0 aliphatic carbocycles. The minimum Gasteiger partial charge on any atom is -0.702 e. The molecule has 0 atom stereocenters. The van der Waals surface area contributed by atoms with E-state index in [1.807, 2.05) is 20.8 Å². The minimum absolute atomic E-state index is 0. The number of anilines is 3. The van der Waals surface area contributed by atoms with Gasteiger partial charge in [-0.2, -0.15) is 39.5 Å². The van der Waals surface area contributed by atoms with Gasteiger partial charge >= 0.3 is 66.4 Å². The number of hydrogen-bond donors (Lipinski definition) is 5. The number of carbonyl (C=O) groups is 6. The van der Waals surface area contributed by atoms with Gasteiger partial charge in [0.15, 0.2) is 0 Å². The van der Waals surface area contributed by atoms with Crippen LogP contribution in [-0.4, -0.2) is 275 Å². The van der Waals surface area contributed by atoms with E-state index in [0.717, 1.165) is 25.1 Å². The van der Waals surface area contributed by atoms with Gasteiger partial charge < -0.3 is 92.7 Å². The number of carbonyl (C=O) groups excluding carboxylic acids is 5. The molecule has 108 heavy (non-hydrogen) atoms. The van der Waals surface area contributed by atoms with Crippen LogP contribution < -0.4 is 63.8 Å². The zero-order chi connectivity index (χ0) is 80.8. The Balaban J connectivity index is 0. The number of likely N-dealkylation sites (N-methyl/N-ethyl adjacent to an activating group) is 1. The van der Waals surface area contributed by atoms with E-state index >= 15 is 0 Å². The predicted molar refractivity (Wildman–Crippen MR) is 378 cm³/mol. The Bertz CT molecular complexity index is 3110. The molecule has 3 amide bonds. The monoisotopic (exact) mass is 1600 g/mol. The number of pyridine rings is 3. The number of alkyl halides is 9. The van der Waals surface area contributed by atoms with Crippen LogP contribution in [0.1, 0.15) is 119 Å². The number of hydrogen-bond acceptors (Lipinski definition) is 26. The second-order valence-corrected chi connectivity index (χ2v) is 26.2. The Hall–Kier alpha value is -7.05. The number of aliphatic hydroxyl groups excluding tert-OH is 3. The molecule has 3 aromatic rings. The van der Waals surface area contributed by atoms with Crippen LogP contribution >= 0.6 is 12.4 Å². The zero-order valence-electron chi connectivity index (χ0n) is 64.2. The van der Waals surface area contributed by atoms with Crippen LogP contribution in [0.2, 0.25) is 0 Å². The number of rotatable bonds is 22. The van der Waals surface area contributed by atoms with Gasteiger partial charge in [0.2, 0.25) is 0 Å². The number of amides is 3. The van der Waals surface area contributed by atoms with Crippen LogP contribution in [0.15, 0.2) is 36.8 Å². The first-order valence-electron chi connectivity index (χ1n) is 33.5. The maximum atomic E-state index is 13.6. The van der Waals surface area contributed by atoms with Gasteiger partial charge in [-0.05, 0) is 80.5 Å². The molecule has 42 heteroatoms. The Kier molecular flexibility index (Phi) is 48.3. The number of ether oxygens (including phenoxy) is 7. The number of halogens is 10. The van der Waals surface area contributed by atoms with E-state index in [2.05, 4.69) is 34.5 Å². The van der Waals surface area contributed by atoms with Crippen LogP contribution in [0.5, 0.6) is 17.2 Å². The van der Waals surface area contributed by atoms with Crippen molar-refractivity contribution in [3.63, 3.8) is 0 Å². The van der Waals surface area contributed by atoms with Crippen molar-refractivity contribution in [3.05, 3.63) is 53.5 Å². The van der Waals surface area contributed by atoms with Crippen LogP contribution in [0, 0.1) is 0 Å². The van der Waals surface area contributed by atoms with E-state index in [0.29, 0.717) is 92.4 Å². The van der Waals surface area contributed by atoms with Gasteiger partial charge in [-0.3, -0.25) is 24.2 Å². The number of aliphatic hydroxyl groups is 3. The maximum absolute atomic E-state index is 13.6. The number of carboxylic acids is 1. The third-order valence-corrected chi connectivity index (χ3v) is 13.4. The van der Waals surface area contributed by atoms with Gasteiger partial charge in [0.05, 0.1) is 38.4 Å². The molecule has 2 radical (unpaired) electrons. The number of methoxy groups -OCH3 is 1. The molecule has 3 saturated heterocycles. The van der Waals surface area contributed by atoms with E-state index in [1.54, 1.807) is 65.4 Å². The van der Waals surface area contributed by atoms with Crippen molar-refractivity contribution in [1.82, 2.24) is 39.9 Å². The molecule has 3 fully saturated rings. The van der Waals surface area contributed by atoms with Crippen molar-refractivity contribution in [2.45, 2.75) is 138 Å². The van der Waals surface area contributed by atoms with Gasteiger partial charge in [-0.1, -0.05) is 0 Å². The predicted octanol–water partition coefficient (Wildman–Crippen LogP) is 5.66. The molecule has 3 aliphatic heterocycles. The number of aliphatic carboxylic acids is 1. The standard InChI is InChI=1S/C21H33F3N4O4.C18H26F3N3O4.C13H18F3N3O2.C8H17NO3.C4H6BO4.C2H4O2.ClH.Na/c1-20(2,3)32-19(30)26(4)6-7-27-8-10-28(11-9-27)18-17(21(22,23)24)14-16(15-25-18)31-13-5-12-29;1-17(2,3)28-16(26)24-7-5-23(6-8-24)15-14(18(19,20)21)11-13(12-22-15)27-10-4-9-25;14-13(15,16)11-8-10(21-7-1-6-20)9-18-12(11)19-4-2-17-3-5-19;1-8(2,3)12-7(10)9(4)6-11-5;1-3(6)8-5-9-4(2)7;1-2(3)4;;/h14-15,29H,5-13H2,1-4H3;11-12,25H,4-10H2,1-3H3;8-9,17,20H,1-7H2;6H2,1-5H3;1-2H3;1H3,(H,3,4);1H;/q;;;;-1;;;+1. The summed E-state index contributed by atoms with van der Waals surface area (Å²) in [4.78, 5) is 87.4. The fourth-order valence-electron chi connectivity index (χ4n) is 8.65. The molecule has 0 aromatic carbocycles. The summed E-state index contributed by atoms with van der Waals surface area (Å²) in [6.45, 7) is 26.0. The summed E-state index contributed by atoms with van der Waals surface area (Å²) in [6, 6.07) is 2.85. The normalized spacial score (nSPS) is 13.9. The van der Waals surface area contributed by atoms with Crippen molar-refractivity contribution in [3.8, 4) is 17.2 Å². The molecule has 6 rings (SSSR count). The molecule has 0 bridgehead atoms. The molecule has 612 valence electrons. The summed E-state index contributed by atoms with van der Waals surface area (Å²) in [7, 11) is 5.51. The summed E-state index contributed by atoms with van der Waals surface area (Å²) in [5.41, 5.74) is -4.16. The fraction of sp³-hybridized carbons (Fsp3) is 0.682. The van der Waals surface area contributed by atoms with Crippen molar-refractivity contribution in [1.29, 1.82) is 0 Å². The topological polar surface area (TPSA) is 340 Å². The van der Waals surface area contributed by atoms with Crippen LogP contribution in [-0.2, 0) is 61.2 Å². The molecule has 5 N–H and O–H groups in total. The smallest absolute Gasteiger partial charge is 0.702 e. The van der Waals surface area contributed by atoms with E-state index in [4.69, 9.17) is 58.4 Å². The number of carboxylic acid groups (broad SMARTS) is 1. The average molecular weight is 1600 g/mol. The molecule has 3 aromatic heterocycles. The molecule has 30 nitrogen and oxygen atoms in total. The van der Waals surface area contributed by atoms with E-state index in [9.17, 15) is 63.5 Å². The quantitative estimate of drug-likeness (QED) is 0.0266. The summed E-state index contributed by atoms with van der Waals surface area (Å²) in [6.07, 6.45) is -10.1. The second-order valence-electron chi connectivity index (χ2n) is 26.2. The van der Waals surface area contributed by atoms with Gasteiger partial charge in [-0.15, -0.1) is 12.4 Å². The third-order valence-electron chi connectivity index (χ3n) is 13.4. The first-order chi connectivity index (χ1) is 49.2. The minimum atomic E-state index is -4.60. The van der Waals surface area contributed by atoms with Gasteiger partial charge in [0, 0.05) is 173 Å². The Morgan fingerprint density at radius 3 is 1.13 bits per heavy atom. The summed E-state index contributed by atoms with van der Waals surface area (Å²) < 4.78 is 165. The third kappa shape index (κ3) is 44.6. The van der Waals surface area contributed by atoms with Gasteiger partial charge in [-0.25, -0.2) is 29.3 Å². The molecule has 6 heterocycles. The van der Waals surface area contributed by atoms with E-state index in [-0.39, 0.29) is 155 Å². The molecular weight excluding hydrogens is 1490 g/mol. The summed E-state index contributed by atoms with van der Waals surface area (Å²) in [5.74, 6) is -2.14. The van der Waals surface area contributed by atoms with Crippen LogP contribution in [0.25, 0.3) is 0 Å². The van der Waals surface area contributed by atoms with Crippen molar-refractivity contribution >= 4 is 73.7 Å². The van der Waals surface area contributed by atoms with E-state index < -0.39 is 82.1 Å². The largest absolute Gasteiger partial charge is 1.00 e. The Morgan fingerprint density at radius 2 is 0.833 bits per heavy atom. The fourth-order valence-corrected chi connectivity index (χ4v) is 8.65. The SMILES string of the molecule is CC(=O)O.CC(=O)O[B-]OC(C)=O.CC(C)(C)OC(=O)N1CCN(c2ncc(OCCCO)cc2C(F)(F)F)CC1.CN(CCN1CCN(c2ncc(OCCCO)cc2C(F)(F)F)CC1)C(=O)OC(C)(C)C.COCN(C)C(=O)OC(C)(C)C.Cl.OCCCOc1cnc(N2CCNCC2)c(C(F)(F)F)c1.[Na+]. The maximum Gasteiger partial charge on any atom is 1.00 e. The Morgan fingerprint density at radius 1 is 0.519 bits per heavy atom. The van der Waals surface area contributed by atoms with Crippen LogP contribution in [0.4, 0.5) is 71.4 Å². The molecular formula is C66H105BClF9N11NaO19. The molecule has 0 saturated carbocycles. The van der Waals surface area contributed by atoms with Crippen molar-refractivity contribution in [2.24, 2.45) is 0 Å². The first-order valence-corrected chi connectivity index (χ1v) is 33.5. The molecule has 0 unspecified atom stereocenters. The van der Waals surface area contributed by atoms with Gasteiger partial charge in [0.25, 0.3) is 17.9 Å². The first kappa shape index (κ1) is 103. The molecule has 3 aliphatic rings.